The molecular weight excluding hydrogens is 242 g/mol. The number of carbonyl (C=O) groups is 2. The number of H-pyrrole nitrogens is 1. The van der Waals surface area contributed by atoms with Crippen LogP contribution in [-0.4, -0.2) is 22.8 Å². The molecule has 3 N–H and O–H groups in total. The van der Waals surface area contributed by atoms with Crippen molar-refractivity contribution in [2.45, 2.75) is 25.8 Å². The molecule has 0 bridgehead atoms. The van der Waals surface area contributed by atoms with E-state index in [9.17, 15) is 9.59 Å². The van der Waals surface area contributed by atoms with Crippen molar-refractivity contribution in [2.24, 2.45) is 0 Å². The van der Waals surface area contributed by atoms with Gasteiger partial charge < -0.3 is 10.3 Å². The van der Waals surface area contributed by atoms with Gasteiger partial charge in [0.1, 0.15) is 6.04 Å². The van der Waals surface area contributed by atoms with Gasteiger partial charge in [0.25, 0.3) is 0 Å². The summed E-state index contributed by atoms with van der Waals surface area (Å²) in [5, 5.41) is 6.66. The van der Waals surface area contributed by atoms with Gasteiger partial charge in [0.05, 0.1) is 0 Å². The number of amides is 2. The lowest BCUT2D eigenvalue weighted by molar-refractivity contribution is -0.133. The normalized spacial score (nSPS) is 19.5. The van der Waals surface area contributed by atoms with Crippen LogP contribution < -0.4 is 10.6 Å². The number of piperidine rings is 1. The van der Waals surface area contributed by atoms with Crippen LogP contribution in [0.3, 0.4) is 0 Å². The maximum absolute atomic E-state index is 11.7. The Kier molecular flexibility index (Phi) is 2.74. The summed E-state index contributed by atoms with van der Waals surface area (Å²) in [6, 6.07) is 7.66. The van der Waals surface area contributed by atoms with Gasteiger partial charge in [0, 0.05) is 23.3 Å². The zero-order valence-corrected chi connectivity index (χ0v) is 10.6. The number of aryl methyl sites for hydroxylation is 1. The van der Waals surface area contributed by atoms with Gasteiger partial charge in [-0.3, -0.25) is 14.9 Å². The van der Waals surface area contributed by atoms with Gasteiger partial charge >= 0.3 is 0 Å². The zero-order valence-electron chi connectivity index (χ0n) is 10.6. The van der Waals surface area contributed by atoms with Gasteiger partial charge in [0.15, 0.2) is 0 Å². The molecule has 5 nitrogen and oxygen atoms in total. The first-order valence-corrected chi connectivity index (χ1v) is 6.31. The first-order chi connectivity index (χ1) is 9.11. The van der Waals surface area contributed by atoms with E-state index in [0.717, 1.165) is 22.3 Å². The van der Waals surface area contributed by atoms with Gasteiger partial charge in [-0.1, -0.05) is 6.07 Å². The van der Waals surface area contributed by atoms with Gasteiger partial charge in [-0.2, -0.15) is 0 Å². The zero-order chi connectivity index (χ0) is 13.4. The fourth-order valence-electron chi connectivity index (χ4n) is 2.39. The molecule has 1 aromatic heterocycles. The predicted octanol–water partition coefficient (Wildman–Crippen LogP) is 1.69. The highest BCUT2D eigenvalue weighted by Gasteiger charge is 2.26. The number of hydrogen-bond acceptors (Lipinski definition) is 3. The molecule has 1 saturated heterocycles. The van der Waals surface area contributed by atoms with E-state index in [1.54, 1.807) is 0 Å². The highest BCUT2D eigenvalue weighted by atomic mass is 16.2. The van der Waals surface area contributed by atoms with Gasteiger partial charge in [-0.05, 0) is 36.9 Å². The van der Waals surface area contributed by atoms with Crippen LogP contribution in [0.15, 0.2) is 24.3 Å². The third-order valence-electron chi connectivity index (χ3n) is 3.34. The standard InChI is InChI=1S/C14H15N3O2/c1-8-6-9-2-3-10(7-12(9)15-8)16-11-4-5-13(18)17-14(11)19/h2-3,6-7,11,15-16H,4-5H2,1H3,(H,17,18,19). The quantitative estimate of drug-likeness (QED) is 0.717. The maximum Gasteiger partial charge on any atom is 0.249 e. The summed E-state index contributed by atoms with van der Waals surface area (Å²) in [4.78, 5) is 26.0. The summed E-state index contributed by atoms with van der Waals surface area (Å²) in [6.07, 6.45) is 0.916. The van der Waals surface area contributed by atoms with E-state index in [1.165, 1.54) is 0 Å². The second-order valence-corrected chi connectivity index (χ2v) is 4.90. The van der Waals surface area contributed by atoms with Crippen molar-refractivity contribution in [3.8, 4) is 0 Å². The molecule has 0 spiro atoms. The number of rotatable bonds is 2. The average Bonchev–Trinajstić information content (AvgIpc) is 2.72. The third kappa shape index (κ3) is 2.31. The topological polar surface area (TPSA) is 74.0 Å². The molecule has 2 amide bonds. The summed E-state index contributed by atoms with van der Waals surface area (Å²) < 4.78 is 0. The van der Waals surface area contributed by atoms with Crippen LogP contribution >= 0.6 is 0 Å². The largest absolute Gasteiger partial charge is 0.374 e. The van der Waals surface area contributed by atoms with Crippen LogP contribution in [0.4, 0.5) is 5.69 Å². The van der Waals surface area contributed by atoms with Gasteiger partial charge in [0.2, 0.25) is 11.8 Å². The molecule has 1 aliphatic heterocycles. The molecule has 0 aliphatic carbocycles. The van der Waals surface area contributed by atoms with E-state index in [0.29, 0.717) is 12.8 Å². The second kappa shape index (κ2) is 4.42. The average molecular weight is 257 g/mol. The summed E-state index contributed by atoms with van der Waals surface area (Å²) in [7, 11) is 0. The summed E-state index contributed by atoms with van der Waals surface area (Å²) >= 11 is 0. The molecule has 1 atom stereocenters. The number of anilines is 1. The number of nitrogens with one attached hydrogen (secondary N) is 3. The van der Waals surface area contributed by atoms with E-state index in [1.807, 2.05) is 25.1 Å². The van der Waals surface area contributed by atoms with Crippen molar-refractivity contribution in [3.63, 3.8) is 0 Å². The molecule has 2 aromatic rings. The summed E-state index contributed by atoms with van der Waals surface area (Å²) in [5.74, 6) is -0.447. The minimum Gasteiger partial charge on any atom is -0.374 e. The highest BCUT2D eigenvalue weighted by Crippen LogP contribution is 2.21. The SMILES string of the molecule is Cc1cc2ccc(NC3CCC(=O)NC3=O)cc2[nH]1. The van der Waals surface area contributed by atoms with Crippen LogP contribution in [0.2, 0.25) is 0 Å². The third-order valence-corrected chi connectivity index (χ3v) is 3.34. The second-order valence-electron chi connectivity index (χ2n) is 4.90. The molecule has 19 heavy (non-hydrogen) atoms. The van der Waals surface area contributed by atoms with Crippen LogP contribution in [-0.2, 0) is 9.59 Å². The minimum absolute atomic E-state index is 0.196. The molecular formula is C14H15N3O2. The smallest absolute Gasteiger partial charge is 0.249 e. The Balaban J connectivity index is 1.81. The van der Waals surface area contributed by atoms with Crippen LogP contribution in [0.5, 0.6) is 0 Å². The number of benzene rings is 1. The first-order valence-electron chi connectivity index (χ1n) is 6.31. The van der Waals surface area contributed by atoms with Crippen molar-refractivity contribution in [1.82, 2.24) is 10.3 Å². The number of hydrogen-bond donors (Lipinski definition) is 3. The van der Waals surface area contributed by atoms with Crippen LogP contribution in [0, 0.1) is 6.92 Å². The summed E-state index contributed by atoms with van der Waals surface area (Å²) in [6.45, 7) is 2.01. The molecule has 0 radical (unpaired) electrons. The number of carbonyl (C=O) groups excluding carboxylic acids is 2. The molecule has 1 aliphatic rings. The van der Waals surface area contributed by atoms with E-state index in [2.05, 4.69) is 21.7 Å². The lowest BCUT2D eigenvalue weighted by Gasteiger charge is -2.22. The molecule has 1 unspecified atom stereocenters. The van der Waals surface area contributed by atoms with E-state index in [4.69, 9.17) is 0 Å². The Hall–Kier alpha value is -2.30. The monoisotopic (exact) mass is 257 g/mol. The molecule has 5 heteroatoms. The van der Waals surface area contributed by atoms with E-state index >= 15 is 0 Å². The Morgan fingerprint density at radius 3 is 2.89 bits per heavy atom. The number of aromatic nitrogens is 1. The van der Waals surface area contributed by atoms with Gasteiger partial charge in [-0.25, -0.2) is 0 Å². The predicted molar refractivity (Wildman–Crippen MR) is 72.8 cm³/mol. The van der Waals surface area contributed by atoms with Crippen molar-refractivity contribution < 1.29 is 9.59 Å². The number of imide groups is 1. The first kappa shape index (κ1) is 11.8. The molecule has 3 rings (SSSR count). The minimum atomic E-state index is -0.341. The Morgan fingerprint density at radius 1 is 1.26 bits per heavy atom. The Morgan fingerprint density at radius 2 is 2.11 bits per heavy atom. The molecule has 2 heterocycles. The van der Waals surface area contributed by atoms with Crippen molar-refractivity contribution >= 4 is 28.4 Å². The van der Waals surface area contributed by atoms with Crippen molar-refractivity contribution in [2.75, 3.05) is 5.32 Å². The Labute approximate surface area is 110 Å². The molecule has 1 fully saturated rings. The molecule has 1 aromatic carbocycles. The summed E-state index contributed by atoms with van der Waals surface area (Å²) in [5.41, 5.74) is 3.02. The van der Waals surface area contributed by atoms with Crippen LogP contribution in [0.25, 0.3) is 10.9 Å². The molecule has 98 valence electrons. The highest BCUT2D eigenvalue weighted by molar-refractivity contribution is 6.01. The lowest BCUT2D eigenvalue weighted by Crippen LogP contribution is -2.47. The number of fused-ring (bicyclic) bond motifs is 1. The lowest BCUT2D eigenvalue weighted by atomic mass is 10.1. The van der Waals surface area contributed by atoms with Crippen LogP contribution in [0.1, 0.15) is 18.5 Å². The van der Waals surface area contributed by atoms with E-state index < -0.39 is 0 Å². The fraction of sp³-hybridized carbons (Fsp3) is 0.286. The van der Waals surface area contributed by atoms with Gasteiger partial charge in [-0.15, -0.1) is 0 Å². The molecule has 0 saturated carbocycles. The maximum atomic E-state index is 11.7. The fourth-order valence-corrected chi connectivity index (χ4v) is 2.39. The Bertz CT molecular complexity index is 660. The van der Waals surface area contributed by atoms with Crippen molar-refractivity contribution in [3.05, 3.63) is 30.0 Å². The number of aromatic amines is 1. The van der Waals surface area contributed by atoms with Crippen molar-refractivity contribution in [1.29, 1.82) is 0 Å². The van der Waals surface area contributed by atoms with E-state index in [-0.39, 0.29) is 17.9 Å².